The van der Waals surface area contributed by atoms with Gasteiger partial charge in [-0.25, -0.2) is 13.2 Å². The van der Waals surface area contributed by atoms with E-state index < -0.39 is 23.5 Å². The molecule has 0 aliphatic heterocycles. The van der Waals surface area contributed by atoms with Crippen molar-refractivity contribution in [1.82, 2.24) is 5.32 Å². The molecule has 2 aromatic rings. The van der Waals surface area contributed by atoms with Crippen molar-refractivity contribution in [2.24, 2.45) is 0 Å². The fourth-order valence-electron chi connectivity index (χ4n) is 2.00. The lowest BCUT2D eigenvalue weighted by molar-refractivity contribution is 0.518. The second kappa shape index (κ2) is 6.42. The van der Waals surface area contributed by atoms with Gasteiger partial charge in [0.1, 0.15) is 23.5 Å². The average Bonchev–Trinajstić information content (AvgIpc) is 2.48. The minimum Gasteiger partial charge on any atom is -0.306 e. The van der Waals surface area contributed by atoms with Crippen LogP contribution < -0.4 is 5.32 Å². The maximum absolute atomic E-state index is 13.6. The molecule has 0 aliphatic rings. The Morgan fingerprint density at radius 2 is 1.81 bits per heavy atom. The van der Waals surface area contributed by atoms with Gasteiger partial charge in [0, 0.05) is 18.2 Å². The number of nitriles is 1. The highest BCUT2D eigenvalue weighted by atomic mass is 19.1. The molecular weight excluding hydrogens is 277 g/mol. The largest absolute Gasteiger partial charge is 0.306 e. The first-order valence-electron chi connectivity index (χ1n) is 6.38. The Bertz CT molecular complexity index is 692. The van der Waals surface area contributed by atoms with Crippen LogP contribution in [0.2, 0.25) is 0 Å². The molecule has 1 unspecified atom stereocenters. The fourth-order valence-corrected chi connectivity index (χ4v) is 2.00. The summed E-state index contributed by atoms with van der Waals surface area (Å²) in [5, 5.41) is 11.8. The van der Waals surface area contributed by atoms with Gasteiger partial charge in [0.05, 0.1) is 5.56 Å². The summed E-state index contributed by atoms with van der Waals surface area (Å²) in [5.74, 6) is -1.58. The minimum absolute atomic E-state index is 0.0427. The Kier molecular flexibility index (Phi) is 4.61. The van der Waals surface area contributed by atoms with Crippen molar-refractivity contribution in [1.29, 1.82) is 5.26 Å². The smallest absolute Gasteiger partial charge is 0.140 e. The second-order valence-electron chi connectivity index (χ2n) is 4.69. The van der Waals surface area contributed by atoms with Crippen molar-refractivity contribution >= 4 is 0 Å². The quantitative estimate of drug-likeness (QED) is 0.929. The lowest BCUT2D eigenvalue weighted by atomic mass is 10.1. The Morgan fingerprint density at radius 1 is 1.10 bits per heavy atom. The van der Waals surface area contributed by atoms with E-state index in [0.717, 1.165) is 18.2 Å². The van der Waals surface area contributed by atoms with Crippen molar-refractivity contribution in [3.63, 3.8) is 0 Å². The summed E-state index contributed by atoms with van der Waals surface area (Å²) in [5.41, 5.74) is 0.869. The van der Waals surface area contributed by atoms with Crippen LogP contribution in [-0.2, 0) is 6.54 Å². The molecule has 2 aromatic carbocycles. The lowest BCUT2D eigenvalue weighted by Crippen LogP contribution is -2.19. The highest BCUT2D eigenvalue weighted by Crippen LogP contribution is 2.19. The summed E-state index contributed by atoms with van der Waals surface area (Å²) >= 11 is 0. The third-order valence-electron chi connectivity index (χ3n) is 3.19. The van der Waals surface area contributed by atoms with E-state index in [9.17, 15) is 13.2 Å². The molecule has 0 amide bonds. The number of halogens is 3. The third-order valence-corrected chi connectivity index (χ3v) is 3.19. The van der Waals surface area contributed by atoms with E-state index in [4.69, 9.17) is 5.26 Å². The van der Waals surface area contributed by atoms with Crippen LogP contribution in [0.25, 0.3) is 0 Å². The van der Waals surface area contributed by atoms with Crippen LogP contribution in [0, 0.1) is 28.8 Å². The number of nitrogens with one attached hydrogen (secondary N) is 1. The maximum Gasteiger partial charge on any atom is 0.140 e. The molecule has 0 aliphatic carbocycles. The van der Waals surface area contributed by atoms with E-state index >= 15 is 0 Å². The number of hydrogen-bond acceptors (Lipinski definition) is 2. The van der Waals surface area contributed by atoms with E-state index in [1.807, 2.05) is 0 Å². The molecule has 0 fully saturated rings. The first-order chi connectivity index (χ1) is 10.0. The molecule has 1 N–H and O–H groups in total. The number of hydrogen-bond donors (Lipinski definition) is 1. The molecule has 0 radical (unpaired) electrons. The normalized spacial score (nSPS) is 12.0. The summed E-state index contributed by atoms with van der Waals surface area (Å²) < 4.78 is 40.0. The van der Waals surface area contributed by atoms with Crippen LogP contribution in [0.4, 0.5) is 13.2 Å². The van der Waals surface area contributed by atoms with Crippen molar-refractivity contribution in [3.8, 4) is 6.07 Å². The molecule has 1 atom stereocenters. The molecule has 21 heavy (non-hydrogen) atoms. The maximum atomic E-state index is 13.6. The summed E-state index contributed by atoms with van der Waals surface area (Å²) in [6.07, 6.45) is 0. The molecule has 108 valence electrons. The molecule has 5 heteroatoms. The van der Waals surface area contributed by atoms with Gasteiger partial charge in [-0.3, -0.25) is 0 Å². The SMILES string of the molecule is CC(NCc1ccc(F)c(C#N)c1)c1cc(F)ccc1F. The zero-order valence-corrected chi connectivity index (χ0v) is 11.3. The highest BCUT2D eigenvalue weighted by molar-refractivity contribution is 5.34. The number of nitrogens with zero attached hydrogens (tertiary/aromatic N) is 1. The second-order valence-corrected chi connectivity index (χ2v) is 4.69. The first-order valence-corrected chi connectivity index (χ1v) is 6.38. The predicted molar refractivity (Wildman–Crippen MR) is 72.7 cm³/mol. The van der Waals surface area contributed by atoms with Crippen LogP contribution in [0.15, 0.2) is 36.4 Å². The highest BCUT2D eigenvalue weighted by Gasteiger charge is 2.12. The number of rotatable bonds is 4. The summed E-state index contributed by atoms with van der Waals surface area (Å²) in [4.78, 5) is 0. The topological polar surface area (TPSA) is 35.8 Å². The Hall–Kier alpha value is -2.32. The van der Waals surface area contributed by atoms with Gasteiger partial charge in [0.2, 0.25) is 0 Å². The van der Waals surface area contributed by atoms with Gasteiger partial charge in [-0.15, -0.1) is 0 Å². The van der Waals surface area contributed by atoms with Crippen LogP contribution in [0.3, 0.4) is 0 Å². The van der Waals surface area contributed by atoms with Gasteiger partial charge in [-0.05, 0) is 42.8 Å². The zero-order chi connectivity index (χ0) is 15.4. The monoisotopic (exact) mass is 290 g/mol. The van der Waals surface area contributed by atoms with Crippen LogP contribution in [0.5, 0.6) is 0 Å². The number of benzene rings is 2. The molecule has 0 saturated carbocycles. The Labute approximate surface area is 120 Å². The fraction of sp³-hybridized carbons (Fsp3) is 0.188. The molecule has 0 spiro atoms. The van der Waals surface area contributed by atoms with E-state index in [-0.39, 0.29) is 11.1 Å². The summed E-state index contributed by atoms with van der Waals surface area (Å²) in [7, 11) is 0. The molecule has 2 rings (SSSR count). The van der Waals surface area contributed by atoms with E-state index in [2.05, 4.69) is 5.32 Å². The van der Waals surface area contributed by atoms with E-state index in [1.165, 1.54) is 18.2 Å². The molecule has 0 heterocycles. The first kappa shape index (κ1) is 15.1. The van der Waals surface area contributed by atoms with Crippen molar-refractivity contribution in [3.05, 3.63) is 70.5 Å². The van der Waals surface area contributed by atoms with E-state index in [1.54, 1.807) is 13.0 Å². The third kappa shape index (κ3) is 3.61. The van der Waals surface area contributed by atoms with E-state index in [0.29, 0.717) is 12.1 Å². The van der Waals surface area contributed by atoms with Crippen LogP contribution in [0.1, 0.15) is 29.7 Å². The molecule has 0 saturated heterocycles. The van der Waals surface area contributed by atoms with Gasteiger partial charge >= 0.3 is 0 Å². The van der Waals surface area contributed by atoms with Gasteiger partial charge in [0.15, 0.2) is 0 Å². The van der Waals surface area contributed by atoms with Crippen molar-refractivity contribution in [2.75, 3.05) is 0 Å². The minimum atomic E-state index is -0.578. The standard InChI is InChI=1S/C16H13F3N2/c1-10(14-7-13(17)3-5-16(14)19)21-9-11-2-4-15(18)12(6-11)8-20/h2-7,10,21H,9H2,1H3. The molecule has 0 bridgehead atoms. The summed E-state index contributed by atoms with van der Waals surface area (Å²) in [6.45, 7) is 2.01. The molecule has 0 aromatic heterocycles. The van der Waals surface area contributed by atoms with Crippen molar-refractivity contribution in [2.45, 2.75) is 19.5 Å². The van der Waals surface area contributed by atoms with Gasteiger partial charge < -0.3 is 5.32 Å². The molecule has 2 nitrogen and oxygen atoms in total. The Balaban J connectivity index is 2.09. The zero-order valence-electron chi connectivity index (χ0n) is 11.3. The molecular formula is C16H13F3N2. The van der Waals surface area contributed by atoms with Gasteiger partial charge in [0.25, 0.3) is 0 Å². The lowest BCUT2D eigenvalue weighted by Gasteiger charge is -2.15. The van der Waals surface area contributed by atoms with Crippen molar-refractivity contribution < 1.29 is 13.2 Å². The van der Waals surface area contributed by atoms with Gasteiger partial charge in [-0.2, -0.15) is 5.26 Å². The van der Waals surface area contributed by atoms with Crippen LogP contribution in [-0.4, -0.2) is 0 Å². The predicted octanol–water partition coefficient (Wildman–Crippen LogP) is 3.83. The van der Waals surface area contributed by atoms with Gasteiger partial charge in [-0.1, -0.05) is 6.07 Å². The Morgan fingerprint density at radius 3 is 2.52 bits per heavy atom. The summed E-state index contributed by atoms with van der Waals surface area (Å²) in [6, 6.07) is 8.79. The average molecular weight is 290 g/mol. The van der Waals surface area contributed by atoms with Crippen LogP contribution >= 0.6 is 0 Å².